The number of nitrogens with zero attached hydrogens (tertiary/aromatic N) is 3. The van der Waals surface area contributed by atoms with Crippen molar-refractivity contribution in [2.45, 2.75) is 6.42 Å². The molecule has 0 N–H and O–H groups in total. The van der Waals surface area contributed by atoms with Gasteiger partial charge in [-0.2, -0.15) is 0 Å². The zero-order valence-electron chi connectivity index (χ0n) is 15.4. The van der Waals surface area contributed by atoms with Crippen LogP contribution in [0.15, 0.2) is 48.5 Å². The molecule has 28 heavy (non-hydrogen) atoms. The van der Waals surface area contributed by atoms with E-state index in [0.717, 1.165) is 5.69 Å². The summed E-state index contributed by atoms with van der Waals surface area (Å²) in [7, 11) is 0. The van der Waals surface area contributed by atoms with Gasteiger partial charge in [0.1, 0.15) is 5.82 Å². The van der Waals surface area contributed by atoms with Gasteiger partial charge in [-0.15, -0.1) is 0 Å². The molecular formula is C21H21ClFN3O2. The van der Waals surface area contributed by atoms with Gasteiger partial charge in [0.25, 0.3) is 0 Å². The predicted octanol–water partition coefficient (Wildman–Crippen LogP) is 3.18. The highest BCUT2D eigenvalue weighted by Crippen LogP contribution is 2.28. The minimum Gasteiger partial charge on any atom is -0.366 e. The van der Waals surface area contributed by atoms with E-state index in [1.807, 2.05) is 11.0 Å². The molecule has 1 unspecified atom stereocenters. The van der Waals surface area contributed by atoms with Gasteiger partial charge in [0, 0.05) is 49.9 Å². The summed E-state index contributed by atoms with van der Waals surface area (Å²) < 4.78 is 14.0. The standard InChI is InChI=1S/C21H21ClFN3O2/c22-16-5-7-17(8-6-16)26-14-15(13-20(26)27)21(28)25-11-9-24(10-12-25)19-4-2-1-3-18(19)23/h1-8,15H,9-14H2. The van der Waals surface area contributed by atoms with Crippen LogP contribution in [0.5, 0.6) is 0 Å². The Morgan fingerprint density at radius 1 is 1.00 bits per heavy atom. The number of rotatable bonds is 3. The Balaban J connectivity index is 1.37. The molecule has 0 spiro atoms. The van der Waals surface area contributed by atoms with E-state index < -0.39 is 0 Å². The Morgan fingerprint density at radius 3 is 2.36 bits per heavy atom. The van der Waals surface area contributed by atoms with Crippen molar-refractivity contribution < 1.29 is 14.0 Å². The van der Waals surface area contributed by atoms with Gasteiger partial charge in [-0.3, -0.25) is 9.59 Å². The topological polar surface area (TPSA) is 43.9 Å². The van der Waals surface area contributed by atoms with Crippen molar-refractivity contribution in [1.82, 2.24) is 4.90 Å². The molecule has 2 heterocycles. The minimum atomic E-state index is -0.344. The van der Waals surface area contributed by atoms with Crippen molar-refractivity contribution in [3.8, 4) is 0 Å². The quantitative estimate of drug-likeness (QED) is 0.793. The molecule has 0 aliphatic carbocycles. The molecule has 1 atom stereocenters. The number of anilines is 2. The summed E-state index contributed by atoms with van der Waals surface area (Å²) in [6.45, 7) is 2.59. The number of para-hydroxylation sites is 1. The van der Waals surface area contributed by atoms with Crippen LogP contribution in [0.25, 0.3) is 0 Å². The largest absolute Gasteiger partial charge is 0.366 e. The molecular weight excluding hydrogens is 381 g/mol. The minimum absolute atomic E-state index is 0.00185. The van der Waals surface area contributed by atoms with Crippen molar-refractivity contribution in [3.05, 3.63) is 59.4 Å². The van der Waals surface area contributed by atoms with Gasteiger partial charge in [0.15, 0.2) is 0 Å². The monoisotopic (exact) mass is 401 g/mol. The Labute approximate surface area is 168 Å². The van der Waals surface area contributed by atoms with E-state index in [1.54, 1.807) is 46.2 Å². The molecule has 0 aromatic heterocycles. The third-order valence-corrected chi connectivity index (χ3v) is 5.65. The van der Waals surface area contributed by atoms with Crippen LogP contribution in [-0.4, -0.2) is 49.4 Å². The Kier molecular flexibility index (Phi) is 5.22. The SMILES string of the molecule is O=C(C1CC(=O)N(c2ccc(Cl)cc2)C1)N1CCN(c2ccccc2F)CC1. The zero-order chi connectivity index (χ0) is 19.7. The number of benzene rings is 2. The molecule has 2 aromatic carbocycles. The summed E-state index contributed by atoms with van der Waals surface area (Å²) >= 11 is 5.91. The van der Waals surface area contributed by atoms with Crippen LogP contribution in [-0.2, 0) is 9.59 Å². The molecule has 0 bridgehead atoms. The molecule has 4 rings (SSSR count). The second kappa shape index (κ2) is 7.80. The maximum absolute atomic E-state index is 14.0. The van der Waals surface area contributed by atoms with E-state index in [4.69, 9.17) is 11.6 Å². The lowest BCUT2D eigenvalue weighted by Gasteiger charge is -2.37. The highest BCUT2D eigenvalue weighted by Gasteiger charge is 2.38. The fraction of sp³-hybridized carbons (Fsp3) is 0.333. The third-order valence-electron chi connectivity index (χ3n) is 5.40. The molecule has 146 valence electrons. The lowest BCUT2D eigenvalue weighted by atomic mass is 10.1. The Hall–Kier alpha value is -2.60. The van der Waals surface area contributed by atoms with Crippen LogP contribution in [0.3, 0.4) is 0 Å². The summed E-state index contributed by atoms with van der Waals surface area (Å²) in [5.74, 6) is -0.644. The summed E-state index contributed by atoms with van der Waals surface area (Å²) in [6.07, 6.45) is 0.217. The molecule has 5 nitrogen and oxygen atoms in total. The van der Waals surface area contributed by atoms with Crippen LogP contribution in [0.2, 0.25) is 5.02 Å². The lowest BCUT2D eigenvalue weighted by molar-refractivity contribution is -0.136. The normalized spacial score (nSPS) is 20.0. The second-order valence-corrected chi connectivity index (χ2v) is 7.58. The molecule has 2 amide bonds. The number of hydrogen-bond donors (Lipinski definition) is 0. The summed E-state index contributed by atoms with van der Waals surface area (Å²) in [5, 5.41) is 0.607. The van der Waals surface area contributed by atoms with Crippen LogP contribution in [0.4, 0.5) is 15.8 Å². The summed E-state index contributed by atoms with van der Waals surface area (Å²) in [6, 6.07) is 13.7. The van der Waals surface area contributed by atoms with Crippen molar-refractivity contribution in [1.29, 1.82) is 0 Å². The van der Waals surface area contributed by atoms with Crippen molar-refractivity contribution in [2.75, 3.05) is 42.5 Å². The van der Waals surface area contributed by atoms with Crippen LogP contribution in [0, 0.1) is 11.7 Å². The van der Waals surface area contributed by atoms with Gasteiger partial charge in [0.05, 0.1) is 11.6 Å². The number of hydrogen-bond acceptors (Lipinski definition) is 3. The van der Waals surface area contributed by atoms with Gasteiger partial charge in [-0.05, 0) is 36.4 Å². The molecule has 2 saturated heterocycles. The fourth-order valence-corrected chi connectivity index (χ4v) is 4.00. The average Bonchev–Trinajstić information content (AvgIpc) is 3.10. The van der Waals surface area contributed by atoms with Gasteiger partial charge < -0.3 is 14.7 Å². The zero-order valence-corrected chi connectivity index (χ0v) is 16.1. The number of carbonyl (C=O) groups is 2. The Morgan fingerprint density at radius 2 is 1.68 bits per heavy atom. The first-order valence-corrected chi connectivity index (χ1v) is 9.75. The molecule has 2 aromatic rings. The van der Waals surface area contributed by atoms with Crippen molar-refractivity contribution >= 4 is 34.8 Å². The van der Waals surface area contributed by atoms with E-state index in [-0.39, 0.29) is 30.0 Å². The molecule has 0 saturated carbocycles. The van der Waals surface area contributed by atoms with E-state index in [1.165, 1.54) is 6.07 Å². The van der Waals surface area contributed by atoms with Crippen molar-refractivity contribution in [2.24, 2.45) is 5.92 Å². The first kappa shape index (κ1) is 18.7. The fourth-order valence-electron chi connectivity index (χ4n) is 3.88. The average molecular weight is 402 g/mol. The highest BCUT2D eigenvalue weighted by atomic mass is 35.5. The maximum atomic E-state index is 14.0. The van der Waals surface area contributed by atoms with E-state index in [2.05, 4.69) is 0 Å². The van der Waals surface area contributed by atoms with E-state index >= 15 is 0 Å². The molecule has 2 aliphatic heterocycles. The van der Waals surface area contributed by atoms with Gasteiger partial charge in [0.2, 0.25) is 11.8 Å². The molecule has 2 fully saturated rings. The molecule has 7 heteroatoms. The van der Waals surface area contributed by atoms with Crippen LogP contribution < -0.4 is 9.80 Å². The van der Waals surface area contributed by atoms with Crippen LogP contribution >= 0.6 is 11.6 Å². The highest BCUT2D eigenvalue weighted by molar-refractivity contribution is 6.30. The number of piperazine rings is 1. The predicted molar refractivity (Wildman–Crippen MR) is 107 cm³/mol. The maximum Gasteiger partial charge on any atom is 0.228 e. The van der Waals surface area contributed by atoms with Gasteiger partial charge >= 0.3 is 0 Å². The van der Waals surface area contributed by atoms with Gasteiger partial charge in [-0.25, -0.2) is 4.39 Å². The first-order valence-electron chi connectivity index (χ1n) is 9.37. The second-order valence-electron chi connectivity index (χ2n) is 7.15. The third kappa shape index (κ3) is 3.69. The van der Waals surface area contributed by atoms with E-state index in [9.17, 15) is 14.0 Å². The number of halogens is 2. The number of carbonyl (C=O) groups excluding carboxylic acids is 2. The summed E-state index contributed by atoms with van der Waals surface area (Å²) in [5.41, 5.74) is 1.33. The van der Waals surface area contributed by atoms with E-state index in [0.29, 0.717) is 43.4 Å². The van der Waals surface area contributed by atoms with Crippen molar-refractivity contribution in [3.63, 3.8) is 0 Å². The first-order chi connectivity index (χ1) is 13.5. The summed E-state index contributed by atoms with van der Waals surface area (Å²) in [4.78, 5) is 30.7. The smallest absolute Gasteiger partial charge is 0.228 e. The molecule has 0 radical (unpaired) electrons. The number of amides is 2. The lowest BCUT2D eigenvalue weighted by Crippen LogP contribution is -2.51. The molecule has 2 aliphatic rings. The Bertz CT molecular complexity index is 881. The van der Waals surface area contributed by atoms with Gasteiger partial charge in [-0.1, -0.05) is 23.7 Å². The van der Waals surface area contributed by atoms with Crippen LogP contribution in [0.1, 0.15) is 6.42 Å².